The van der Waals surface area contributed by atoms with Crippen molar-refractivity contribution >= 4 is 40.8 Å². The lowest BCUT2D eigenvalue weighted by atomic mass is 10.1. The van der Waals surface area contributed by atoms with Gasteiger partial charge in [0.05, 0.1) is 5.75 Å². The van der Waals surface area contributed by atoms with Crippen LogP contribution in [0.1, 0.15) is 24.5 Å². The van der Waals surface area contributed by atoms with Gasteiger partial charge in [-0.25, -0.2) is 9.97 Å². The van der Waals surface area contributed by atoms with Gasteiger partial charge in [0.2, 0.25) is 0 Å². The normalized spacial score (nSPS) is 10.7. The third kappa shape index (κ3) is 4.61. The van der Waals surface area contributed by atoms with E-state index < -0.39 is 5.97 Å². The second-order valence-corrected chi connectivity index (χ2v) is 6.71. The summed E-state index contributed by atoms with van der Waals surface area (Å²) in [4.78, 5) is 21.5. The number of nitrogens with zero attached hydrogens (tertiary/aromatic N) is 3. The third-order valence-corrected chi connectivity index (χ3v) is 4.60. The molecule has 2 aromatic rings. The SMILES string of the molecule is CCCN(c1cc(Cl)nc(SCC(=O)O)n1)c1cccc(C)c1C. The van der Waals surface area contributed by atoms with E-state index in [0.717, 1.165) is 30.4 Å². The predicted molar refractivity (Wildman–Crippen MR) is 98.6 cm³/mol. The maximum Gasteiger partial charge on any atom is 0.313 e. The molecule has 7 heteroatoms. The summed E-state index contributed by atoms with van der Waals surface area (Å²) in [5.41, 5.74) is 3.45. The largest absolute Gasteiger partial charge is 0.481 e. The summed E-state index contributed by atoms with van der Waals surface area (Å²) >= 11 is 7.19. The molecule has 1 N–H and O–H groups in total. The van der Waals surface area contributed by atoms with Crippen LogP contribution in [0, 0.1) is 13.8 Å². The van der Waals surface area contributed by atoms with E-state index in [-0.39, 0.29) is 5.75 Å². The Bertz CT molecular complexity index is 740. The lowest BCUT2D eigenvalue weighted by Gasteiger charge is -2.26. The molecule has 128 valence electrons. The van der Waals surface area contributed by atoms with Gasteiger partial charge < -0.3 is 10.0 Å². The van der Waals surface area contributed by atoms with Crippen molar-refractivity contribution in [1.82, 2.24) is 9.97 Å². The van der Waals surface area contributed by atoms with Crippen LogP contribution in [0.25, 0.3) is 0 Å². The molecule has 0 unspecified atom stereocenters. The number of anilines is 2. The van der Waals surface area contributed by atoms with Gasteiger partial charge in [-0.3, -0.25) is 4.79 Å². The topological polar surface area (TPSA) is 66.3 Å². The summed E-state index contributed by atoms with van der Waals surface area (Å²) in [5, 5.41) is 9.50. The number of halogens is 1. The standard InChI is InChI=1S/C17H20ClN3O2S/c1-4-8-21(13-7-5-6-11(2)12(13)3)15-9-14(18)19-17(20-15)24-10-16(22)23/h5-7,9H,4,8,10H2,1-3H3,(H,22,23). The summed E-state index contributed by atoms with van der Waals surface area (Å²) in [6, 6.07) is 7.86. The maximum atomic E-state index is 10.8. The van der Waals surface area contributed by atoms with Crippen molar-refractivity contribution in [2.75, 3.05) is 17.2 Å². The molecule has 0 spiro atoms. The van der Waals surface area contributed by atoms with Crippen molar-refractivity contribution in [2.24, 2.45) is 0 Å². The van der Waals surface area contributed by atoms with Gasteiger partial charge in [0, 0.05) is 18.3 Å². The van der Waals surface area contributed by atoms with Crippen LogP contribution in [0.2, 0.25) is 5.15 Å². The van der Waals surface area contributed by atoms with Crippen LogP contribution in [0.5, 0.6) is 0 Å². The average Bonchev–Trinajstić information content (AvgIpc) is 2.53. The van der Waals surface area contributed by atoms with E-state index in [1.165, 1.54) is 11.1 Å². The van der Waals surface area contributed by atoms with E-state index in [2.05, 4.69) is 47.8 Å². The number of rotatable bonds is 7. The van der Waals surface area contributed by atoms with Gasteiger partial charge in [-0.15, -0.1) is 0 Å². The number of carbonyl (C=O) groups is 1. The Morgan fingerprint density at radius 3 is 2.75 bits per heavy atom. The van der Waals surface area contributed by atoms with Crippen LogP contribution in [-0.4, -0.2) is 33.3 Å². The minimum atomic E-state index is -0.912. The highest BCUT2D eigenvalue weighted by molar-refractivity contribution is 7.99. The fourth-order valence-corrected chi connectivity index (χ4v) is 3.13. The molecule has 0 bridgehead atoms. The molecule has 1 heterocycles. The molecule has 2 rings (SSSR count). The summed E-state index contributed by atoms with van der Waals surface area (Å²) in [6.45, 7) is 7.03. The van der Waals surface area contributed by atoms with Crippen LogP contribution in [0.3, 0.4) is 0 Å². The minimum absolute atomic E-state index is 0.100. The Morgan fingerprint density at radius 2 is 2.08 bits per heavy atom. The van der Waals surface area contributed by atoms with Crippen LogP contribution < -0.4 is 4.90 Å². The summed E-state index contributed by atoms with van der Waals surface area (Å²) < 4.78 is 0. The zero-order valence-corrected chi connectivity index (χ0v) is 15.5. The minimum Gasteiger partial charge on any atom is -0.481 e. The summed E-state index contributed by atoms with van der Waals surface area (Å²) in [6.07, 6.45) is 0.937. The van der Waals surface area contributed by atoms with Crippen LogP contribution >= 0.6 is 23.4 Å². The van der Waals surface area contributed by atoms with Crippen molar-refractivity contribution in [3.05, 3.63) is 40.5 Å². The first-order valence-electron chi connectivity index (χ1n) is 7.65. The fraction of sp³-hybridized carbons (Fsp3) is 0.353. The molecule has 0 amide bonds. The van der Waals surface area contributed by atoms with E-state index in [9.17, 15) is 4.79 Å². The summed E-state index contributed by atoms with van der Waals surface area (Å²) in [7, 11) is 0. The number of aromatic nitrogens is 2. The van der Waals surface area contributed by atoms with Crippen LogP contribution in [0.15, 0.2) is 29.4 Å². The number of hydrogen-bond donors (Lipinski definition) is 1. The molecule has 5 nitrogen and oxygen atoms in total. The highest BCUT2D eigenvalue weighted by Gasteiger charge is 2.16. The number of benzene rings is 1. The van der Waals surface area contributed by atoms with Gasteiger partial charge >= 0.3 is 5.97 Å². The monoisotopic (exact) mass is 365 g/mol. The van der Waals surface area contributed by atoms with Gasteiger partial charge in [0.1, 0.15) is 11.0 Å². The molecular weight excluding hydrogens is 346 g/mol. The molecule has 0 saturated carbocycles. The Balaban J connectivity index is 2.43. The van der Waals surface area contributed by atoms with E-state index in [1.54, 1.807) is 6.07 Å². The highest BCUT2D eigenvalue weighted by atomic mass is 35.5. The Hall–Kier alpha value is -1.79. The molecule has 24 heavy (non-hydrogen) atoms. The average molecular weight is 366 g/mol. The van der Waals surface area contributed by atoms with Crippen molar-refractivity contribution in [2.45, 2.75) is 32.3 Å². The second kappa shape index (κ2) is 8.35. The Kier molecular flexibility index (Phi) is 6.45. The number of aliphatic carboxylic acids is 1. The summed E-state index contributed by atoms with van der Waals surface area (Å²) in [5.74, 6) is -0.333. The van der Waals surface area contributed by atoms with E-state index in [1.807, 2.05) is 6.07 Å². The molecule has 0 radical (unpaired) electrons. The van der Waals surface area contributed by atoms with E-state index in [4.69, 9.17) is 16.7 Å². The first-order valence-corrected chi connectivity index (χ1v) is 9.01. The molecular formula is C17H20ClN3O2S. The molecule has 0 aliphatic rings. The third-order valence-electron chi connectivity index (χ3n) is 3.58. The quantitative estimate of drug-likeness (QED) is 0.443. The van der Waals surface area contributed by atoms with Crippen molar-refractivity contribution in [1.29, 1.82) is 0 Å². The lowest BCUT2D eigenvalue weighted by molar-refractivity contribution is -0.133. The number of carboxylic acid groups (broad SMARTS) is 1. The number of thioether (sulfide) groups is 1. The predicted octanol–water partition coefficient (Wildman–Crippen LogP) is 4.47. The molecule has 0 fully saturated rings. The zero-order chi connectivity index (χ0) is 17.7. The van der Waals surface area contributed by atoms with Gasteiger partial charge in [0.15, 0.2) is 5.16 Å². The molecule has 1 aromatic carbocycles. The molecule has 0 aliphatic carbocycles. The van der Waals surface area contributed by atoms with E-state index in [0.29, 0.717) is 16.1 Å². The maximum absolute atomic E-state index is 10.8. The molecule has 0 aliphatic heterocycles. The first kappa shape index (κ1) is 18.5. The van der Waals surface area contributed by atoms with E-state index >= 15 is 0 Å². The van der Waals surface area contributed by atoms with Crippen molar-refractivity contribution in [3.63, 3.8) is 0 Å². The van der Waals surface area contributed by atoms with Crippen LogP contribution in [0.4, 0.5) is 11.5 Å². The Labute approximate surface area is 151 Å². The first-order chi connectivity index (χ1) is 11.4. The molecule has 0 saturated heterocycles. The van der Waals surface area contributed by atoms with Gasteiger partial charge in [-0.2, -0.15) is 0 Å². The zero-order valence-electron chi connectivity index (χ0n) is 13.9. The number of carboxylic acids is 1. The molecule has 0 atom stereocenters. The van der Waals surface area contributed by atoms with Crippen LogP contribution in [-0.2, 0) is 4.79 Å². The second-order valence-electron chi connectivity index (χ2n) is 5.38. The highest BCUT2D eigenvalue weighted by Crippen LogP contribution is 2.31. The van der Waals surface area contributed by atoms with Crippen molar-refractivity contribution < 1.29 is 9.90 Å². The van der Waals surface area contributed by atoms with Gasteiger partial charge in [-0.1, -0.05) is 42.4 Å². The van der Waals surface area contributed by atoms with Gasteiger partial charge in [-0.05, 0) is 37.5 Å². The van der Waals surface area contributed by atoms with Crippen molar-refractivity contribution in [3.8, 4) is 0 Å². The van der Waals surface area contributed by atoms with Gasteiger partial charge in [0.25, 0.3) is 0 Å². The smallest absolute Gasteiger partial charge is 0.313 e. The Morgan fingerprint density at radius 1 is 1.33 bits per heavy atom. The lowest BCUT2D eigenvalue weighted by Crippen LogP contribution is -2.21. The fourth-order valence-electron chi connectivity index (χ4n) is 2.32. The number of aryl methyl sites for hydroxylation is 1. The number of hydrogen-bond acceptors (Lipinski definition) is 5. The molecule has 1 aromatic heterocycles.